The predicted octanol–water partition coefficient (Wildman–Crippen LogP) is -1.68. The molecule has 2 unspecified atom stereocenters. The van der Waals surface area contributed by atoms with Crippen molar-refractivity contribution in [3.05, 3.63) is 12.7 Å². The molecule has 0 aliphatic rings. The Morgan fingerprint density at radius 1 is 1.21 bits per heavy atom. The van der Waals surface area contributed by atoms with E-state index in [0.29, 0.717) is 16.2 Å². The fourth-order valence-corrected chi connectivity index (χ4v) is 3.14. The summed E-state index contributed by atoms with van der Waals surface area (Å²) < 4.78 is 0. The van der Waals surface area contributed by atoms with Crippen LogP contribution in [0, 0.1) is 0 Å². The molecule has 2 heterocycles. The highest BCUT2D eigenvalue weighted by atomic mass is 32.2. The van der Waals surface area contributed by atoms with E-state index in [1.54, 1.807) is 0 Å². The number of nitrogens with zero attached hydrogens (tertiary/aromatic N) is 3. The number of amides is 2. The van der Waals surface area contributed by atoms with Gasteiger partial charge in [-0.1, -0.05) is 0 Å². The van der Waals surface area contributed by atoms with Crippen molar-refractivity contribution in [2.75, 3.05) is 12.3 Å². The number of imidazole rings is 1. The molecule has 0 bridgehead atoms. The van der Waals surface area contributed by atoms with Crippen molar-refractivity contribution >= 4 is 46.7 Å². The van der Waals surface area contributed by atoms with Crippen molar-refractivity contribution < 1.29 is 29.4 Å². The number of aromatic amines is 1. The Kier molecular flexibility index (Phi) is 7.85. The number of carbonyl (C=O) groups is 4. The van der Waals surface area contributed by atoms with Crippen molar-refractivity contribution in [2.24, 2.45) is 5.73 Å². The molecule has 2 amide bonds. The molecular formula is C15H19N7O6S. The number of aliphatic carboxylic acids is 2. The zero-order valence-corrected chi connectivity index (χ0v) is 15.8. The molecule has 0 aliphatic carbocycles. The summed E-state index contributed by atoms with van der Waals surface area (Å²) in [7, 11) is 0. The number of carboxylic acid groups (broad SMARTS) is 2. The van der Waals surface area contributed by atoms with Crippen LogP contribution in [0.5, 0.6) is 0 Å². The van der Waals surface area contributed by atoms with Gasteiger partial charge in [-0.2, -0.15) is 0 Å². The van der Waals surface area contributed by atoms with E-state index in [1.165, 1.54) is 12.7 Å². The minimum Gasteiger partial charge on any atom is -0.480 e. The van der Waals surface area contributed by atoms with Gasteiger partial charge < -0.3 is 31.6 Å². The van der Waals surface area contributed by atoms with Gasteiger partial charge in [0, 0.05) is 12.2 Å². The van der Waals surface area contributed by atoms with Crippen molar-refractivity contribution in [3.8, 4) is 0 Å². The molecule has 13 nitrogen and oxygen atoms in total. The van der Waals surface area contributed by atoms with Gasteiger partial charge in [0.25, 0.3) is 0 Å². The molecule has 29 heavy (non-hydrogen) atoms. The molecule has 0 aromatic carbocycles. The normalized spacial score (nSPS) is 12.9. The second-order valence-corrected chi connectivity index (χ2v) is 6.81. The molecule has 7 N–H and O–H groups in total. The van der Waals surface area contributed by atoms with Gasteiger partial charge in [-0.05, 0) is 6.42 Å². The van der Waals surface area contributed by atoms with Crippen molar-refractivity contribution in [2.45, 2.75) is 30.0 Å². The van der Waals surface area contributed by atoms with Crippen LogP contribution >= 0.6 is 11.8 Å². The van der Waals surface area contributed by atoms with Gasteiger partial charge in [0.05, 0.1) is 6.33 Å². The molecule has 0 radical (unpaired) electrons. The molecule has 0 saturated carbocycles. The summed E-state index contributed by atoms with van der Waals surface area (Å²) in [5, 5.41) is 22.6. The molecular weight excluding hydrogens is 406 g/mol. The fraction of sp³-hybridized carbons (Fsp3) is 0.400. The van der Waals surface area contributed by atoms with E-state index in [2.05, 4.69) is 30.6 Å². The van der Waals surface area contributed by atoms with E-state index >= 15 is 0 Å². The molecule has 2 atom stereocenters. The highest BCUT2D eigenvalue weighted by Gasteiger charge is 2.23. The second-order valence-electron chi connectivity index (χ2n) is 5.81. The number of carboxylic acids is 2. The summed E-state index contributed by atoms with van der Waals surface area (Å²) in [6.07, 6.45) is 2.42. The van der Waals surface area contributed by atoms with Gasteiger partial charge in [-0.3, -0.25) is 19.2 Å². The number of hydrogen-bond donors (Lipinski definition) is 6. The monoisotopic (exact) mass is 425 g/mol. The molecule has 0 spiro atoms. The van der Waals surface area contributed by atoms with E-state index in [4.69, 9.17) is 15.9 Å². The number of nitrogens with one attached hydrogen (secondary N) is 3. The van der Waals surface area contributed by atoms with E-state index in [1.807, 2.05) is 0 Å². The molecule has 0 aliphatic heterocycles. The molecule has 2 rings (SSSR count). The summed E-state index contributed by atoms with van der Waals surface area (Å²) in [6.45, 7) is -0.613. The molecule has 2 aromatic heterocycles. The molecule has 0 saturated heterocycles. The highest BCUT2D eigenvalue weighted by molar-refractivity contribution is 7.99. The molecule has 0 fully saturated rings. The number of thioether (sulfide) groups is 1. The molecule has 2 aromatic rings. The average molecular weight is 425 g/mol. The number of hydrogen-bond acceptors (Lipinski definition) is 9. The number of carbonyl (C=O) groups excluding carboxylic acids is 2. The maximum atomic E-state index is 12.3. The van der Waals surface area contributed by atoms with Crippen LogP contribution in [0.3, 0.4) is 0 Å². The van der Waals surface area contributed by atoms with E-state index < -0.39 is 42.4 Å². The Labute approximate surface area is 167 Å². The van der Waals surface area contributed by atoms with Crippen LogP contribution in [-0.2, 0) is 19.2 Å². The Morgan fingerprint density at radius 2 is 1.97 bits per heavy atom. The Hall–Kier alpha value is -3.26. The summed E-state index contributed by atoms with van der Waals surface area (Å²) in [5.41, 5.74) is 6.35. The van der Waals surface area contributed by atoms with Crippen LogP contribution in [-0.4, -0.2) is 78.3 Å². The Bertz CT molecular complexity index is 904. The maximum absolute atomic E-state index is 12.3. The predicted molar refractivity (Wildman–Crippen MR) is 99.8 cm³/mol. The summed E-state index contributed by atoms with van der Waals surface area (Å²) in [6, 6.07) is -2.29. The summed E-state index contributed by atoms with van der Waals surface area (Å²) >= 11 is 1.13. The van der Waals surface area contributed by atoms with Crippen LogP contribution < -0.4 is 16.4 Å². The van der Waals surface area contributed by atoms with Crippen LogP contribution in [0.25, 0.3) is 11.2 Å². The lowest BCUT2D eigenvalue weighted by Crippen LogP contribution is -2.49. The van der Waals surface area contributed by atoms with Crippen molar-refractivity contribution in [1.29, 1.82) is 0 Å². The third-order valence-electron chi connectivity index (χ3n) is 3.64. The number of rotatable bonds is 11. The number of fused-ring (bicyclic) bond motifs is 1. The second kappa shape index (κ2) is 10.3. The van der Waals surface area contributed by atoms with Crippen LogP contribution in [0.4, 0.5) is 0 Å². The quantitative estimate of drug-likeness (QED) is 0.177. The number of H-pyrrole nitrogens is 1. The fourth-order valence-electron chi connectivity index (χ4n) is 2.16. The number of aromatic nitrogens is 4. The average Bonchev–Trinajstić information content (AvgIpc) is 3.16. The van der Waals surface area contributed by atoms with Gasteiger partial charge >= 0.3 is 11.9 Å². The third kappa shape index (κ3) is 6.69. The molecule has 156 valence electrons. The maximum Gasteiger partial charge on any atom is 0.322 e. The SMILES string of the molecule is NC(CCC(=O)NC(CSc1ncnc2nc[nH]c12)C(=O)NCC(=O)O)C(=O)O. The lowest BCUT2D eigenvalue weighted by molar-refractivity contribution is -0.139. The van der Waals surface area contributed by atoms with Gasteiger partial charge in [0.2, 0.25) is 11.8 Å². The van der Waals surface area contributed by atoms with Gasteiger partial charge in [0.1, 0.15) is 35.5 Å². The minimum absolute atomic E-state index is 0.0350. The smallest absolute Gasteiger partial charge is 0.322 e. The Morgan fingerprint density at radius 3 is 2.66 bits per heavy atom. The zero-order valence-electron chi connectivity index (χ0n) is 15.0. The first kappa shape index (κ1) is 22.0. The lowest BCUT2D eigenvalue weighted by Gasteiger charge is -2.18. The Balaban J connectivity index is 2.03. The molecule has 14 heteroatoms. The van der Waals surface area contributed by atoms with Gasteiger partial charge in [-0.25, -0.2) is 15.0 Å². The van der Waals surface area contributed by atoms with Gasteiger partial charge in [-0.15, -0.1) is 11.8 Å². The van der Waals surface area contributed by atoms with Gasteiger partial charge in [0.15, 0.2) is 5.65 Å². The summed E-state index contributed by atoms with van der Waals surface area (Å²) in [5.74, 6) is -3.74. The minimum atomic E-state index is -1.24. The number of nitrogens with two attached hydrogens (primary N) is 1. The van der Waals surface area contributed by atoms with Crippen LogP contribution in [0.15, 0.2) is 17.7 Å². The van der Waals surface area contributed by atoms with E-state index in [0.717, 1.165) is 11.8 Å². The van der Waals surface area contributed by atoms with Crippen molar-refractivity contribution in [1.82, 2.24) is 30.6 Å². The van der Waals surface area contributed by atoms with Crippen LogP contribution in [0.1, 0.15) is 12.8 Å². The first-order chi connectivity index (χ1) is 13.8. The van der Waals surface area contributed by atoms with E-state index in [-0.39, 0.29) is 18.6 Å². The standard InChI is InChI=1S/C15H19N7O6S/c16-7(15(27)28)1-2-9(23)22-8(13(26)17-3-10(24)25)4-29-14-11-12(19-5-18-11)20-6-21-14/h5-8H,1-4,16H2,(H,17,26)(H,22,23)(H,24,25)(H,27,28)(H,18,19,20,21). The van der Waals surface area contributed by atoms with Crippen molar-refractivity contribution in [3.63, 3.8) is 0 Å². The lowest BCUT2D eigenvalue weighted by atomic mass is 10.1. The summed E-state index contributed by atoms with van der Waals surface area (Å²) in [4.78, 5) is 60.8. The zero-order chi connectivity index (χ0) is 21.4. The third-order valence-corrected chi connectivity index (χ3v) is 4.72. The first-order valence-electron chi connectivity index (χ1n) is 8.32. The highest BCUT2D eigenvalue weighted by Crippen LogP contribution is 2.22. The largest absolute Gasteiger partial charge is 0.480 e. The van der Waals surface area contributed by atoms with E-state index in [9.17, 15) is 19.2 Å². The topological polar surface area (TPSA) is 213 Å². The van der Waals surface area contributed by atoms with Crippen LogP contribution in [0.2, 0.25) is 0 Å². The first-order valence-corrected chi connectivity index (χ1v) is 9.30.